The number of rotatable bonds is 7. The fourth-order valence-electron chi connectivity index (χ4n) is 4.57. The number of nitrogens with zero attached hydrogens (tertiary/aromatic N) is 2. The summed E-state index contributed by atoms with van der Waals surface area (Å²) in [4.78, 5) is 17.2. The monoisotopic (exact) mass is 466 g/mol. The normalized spacial score (nSPS) is 16.8. The van der Waals surface area contributed by atoms with E-state index in [1.54, 1.807) is 0 Å². The van der Waals surface area contributed by atoms with Crippen LogP contribution in [0.4, 0.5) is 0 Å². The van der Waals surface area contributed by atoms with Gasteiger partial charge < -0.3 is 10.2 Å². The van der Waals surface area contributed by atoms with Crippen LogP contribution in [-0.4, -0.2) is 47.2 Å². The first kappa shape index (κ1) is 21.6. The Morgan fingerprint density at radius 3 is 2.88 bits per heavy atom. The number of halogens is 1. The zero-order chi connectivity index (χ0) is 21.9. The summed E-state index contributed by atoms with van der Waals surface area (Å²) in [6, 6.07) is 14.1. The number of aromatic amines is 1. The highest BCUT2D eigenvalue weighted by Gasteiger charge is 2.23. The summed E-state index contributed by atoms with van der Waals surface area (Å²) >= 11 is 7.79. The number of nitrogens with one attached hydrogen (secondary N) is 2. The molecular formula is C25H27ClN4OS. The second-order valence-corrected chi connectivity index (χ2v) is 10.1. The third kappa shape index (κ3) is 4.72. The van der Waals surface area contributed by atoms with Crippen molar-refractivity contribution in [1.29, 1.82) is 0 Å². The Bertz CT molecular complexity index is 1150. The molecule has 2 aliphatic heterocycles. The van der Waals surface area contributed by atoms with Crippen molar-refractivity contribution < 1.29 is 4.79 Å². The molecule has 2 aromatic carbocycles. The van der Waals surface area contributed by atoms with E-state index < -0.39 is 0 Å². The highest BCUT2D eigenvalue weighted by atomic mass is 35.5. The minimum Gasteiger partial charge on any atom is -0.351 e. The molecule has 0 bridgehead atoms. The average molecular weight is 467 g/mol. The number of H-pyrrole nitrogens is 1. The Morgan fingerprint density at radius 1 is 1.19 bits per heavy atom. The van der Waals surface area contributed by atoms with Gasteiger partial charge in [-0.05, 0) is 81.1 Å². The van der Waals surface area contributed by atoms with Gasteiger partial charge in [-0.25, -0.2) is 0 Å². The summed E-state index contributed by atoms with van der Waals surface area (Å²) in [6.45, 7) is 4.04. The van der Waals surface area contributed by atoms with Crippen LogP contribution in [0.5, 0.6) is 0 Å². The van der Waals surface area contributed by atoms with Crippen LogP contribution in [0.2, 0.25) is 5.02 Å². The zero-order valence-electron chi connectivity index (χ0n) is 17.9. The van der Waals surface area contributed by atoms with E-state index in [1.807, 2.05) is 36.4 Å². The third-order valence-corrected chi connectivity index (χ3v) is 7.88. The van der Waals surface area contributed by atoms with Crippen molar-refractivity contribution in [3.05, 3.63) is 63.6 Å². The molecule has 3 aromatic rings. The number of carbonyl (C=O) groups is 1. The van der Waals surface area contributed by atoms with Gasteiger partial charge in [0.25, 0.3) is 5.91 Å². The molecule has 0 atom stereocenters. The van der Waals surface area contributed by atoms with E-state index in [2.05, 4.69) is 32.5 Å². The Morgan fingerprint density at radius 2 is 2.03 bits per heavy atom. The van der Waals surface area contributed by atoms with Crippen LogP contribution < -0.4 is 5.32 Å². The van der Waals surface area contributed by atoms with Gasteiger partial charge in [-0.1, -0.05) is 47.6 Å². The van der Waals surface area contributed by atoms with Crippen molar-refractivity contribution in [2.75, 3.05) is 26.2 Å². The SMILES string of the molecule is O=C(NCC1CCN(CCCc2ccccc2Cl)CC1)C1=Cc2[nH]nc3cccc(c23)S1. The quantitative estimate of drug-likeness (QED) is 0.507. The van der Waals surface area contributed by atoms with E-state index in [4.69, 9.17) is 11.6 Å². The second kappa shape index (κ2) is 9.69. The van der Waals surface area contributed by atoms with E-state index in [-0.39, 0.29) is 5.91 Å². The fourth-order valence-corrected chi connectivity index (χ4v) is 5.84. The maximum Gasteiger partial charge on any atom is 0.258 e. The van der Waals surface area contributed by atoms with Gasteiger partial charge in [-0.3, -0.25) is 9.89 Å². The number of carbonyl (C=O) groups excluding carboxylic acids is 1. The van der Waals surface area contributed by atoms with Gasteiger partial charge in [-0.15, -0.1) is 0 Å². The molecule has 7 heteroatoms. The second-order valence-electron chi connectivity index (χ2n) is 8.59. The highest BCUT2D eigenvalue weighted by molar-refractivity contribution is 8.04. The van der Waals surface area contributed by atoms with Gasteiger partial charge >= 0.3 is 0 Å². The summed E-state index contributed by atoms with van der Waals surface area (Å²) in [5, 5.41) is 12.5. The summed E-state index contributed by atoms with van der Waals surface area (Å²) in [6.07, 6.45) is 6.32. The molecular weight excluding hydrogens is 440 g/mol. The number of hydrogen-bond donors (Lipinski definition) is 2. The van der Waals surface area contributed by atoms with Crippen LogP contribution in [0.25, 0.3) is 17.0 Å². The van der Waals surface area contributed by atoms with Crippen molar-refractivity contribution in [2.45, 2.75) is 30.6 Å². The molecule has 5 nitrogen and oxygen atoms in total. The topological polar surface area (TPSA) is 61.0 Å². The maximum absolute atomic E-state index is 12.8. The first-order valence-corrected chi connectivity index (χ1v) is 12.5. The van der Waals surface area contributed by atoms with Gasteiger partial charge in [0.2, 0.25) is 0 Å². The molecule has 5 rings (SSSR count). The average Bonchev–Trinajstić information content (AvgIpc) is 3.24. The van der Waals surface area contributed by atoms with Crippen molar-refractivity contribution in [3.8, 4) is 0 Å². The first-order chi connectivity index (χ1) is 15.7. The molecule has 2 aliphatic rings. The minimum atomic E-state index is 0.00872. The summed E-state index contributed by atoms with van der Waals surface area (Å²) in [5.74, 6) is 0.550. The van der Waals surface area contributed by atoms with Gasteiger partial charge in [-0.2, -0.15) is 5.10 Å². The molecule has 0 spiro atoms. The number of aryl methyl sites for hydroxylation is 1. The van der Waals surface area contributed by atoms with Crippen molar-refractivity contribution >= 4 is 46.2 Å². The predicted molar refractivity (Wildman–Crippen MR) is 132 cm³/mol. The van der Waals surface area contributed by atoms with Crippen LogP contribution in [0.1, 0.15) is 30.5 Å². The Hall–Kier alpha value is -2.28. The number of aromatic nitrogens is 2. The number of thioether (sulfide) groups is 1. The van der Waals surface area contributed by atoms with E-state index in [1.165, 1.54) is 17.3 Å². The van der Waals surface area contributed by atoms with Crippen LogP contribution in [0.3, 0.4) is 0 Å². The van der Waals surface area contributed by atoms with Crippen molar-refractivity contribution in [3.63, 3.8) is 0 Å². The van der Waals surface area contributed by atoms with Gasteiger partial charge in [0.1, 0.15) is 0 Å². The number of hydrogen-bond acceptors (Lipinski definition) is 4. The first-order valence-electron chi connectivity index (χ1n) is 11.3. The molecule has 0 radical (unpaired) electrons. The lowest BCUT2D eigenvalue weighted by Gasteiger charge is -2.32. The standard InChI is InChI=1S/C25H27ClN4OS/c26-19-7-2-1-5-18(19)6-4-12-30-13-10-17(11-14-30)16-27-25(31)23-15-21-24-20(28-29-21)8-3-9-22(24)32-23/h1-3,5,7-9,15,17H,4,6,10-14,16H2,(H,27,31)(H,28,29). The Kier molecular flexibility index (Phi) is 6.53. The van der Waals surface area contributed by atoms with Crippen LogP contribution in [-0.2, 0) is 11.2 Å². The highest BCUT2D eigenvalue weighted by Crippen LogP contribution is 2.39. The molecule has 1 fully saturated rings. The Labute approximate surface area is 197 Å². The lowest BCUT2D eigenvalue weighted by molar-refractivity contribution is -0.117. The van der Waals surface area contributed by atoms with Crippen LogP contribution in [0.15, 0.2) is 52.3 Å². The molecule has 3 heterocycles. The van der Waals surface area contributed by atoms with Crippen LogP contribution in [0, 0.1) is 5.92 Å². The smallest absolute Gasteiger partial charge is 0.258 e. The molecule has 2 N–H and O–H groups in total. The van der Waals surface area contributed by atoms with E-state index in [0.717, 1.165) is 83.3 Å². The third-order valence-electron chi connectivity index (χ3n) is 6.43. The fraction of sp³-hybridized carbons (Fsp3) is 0.360. The lowest BCUT2D eigenvalue weighted by atomic mass is 9.96. The van der Waals surface area contributed by atoms with Crippen LogP contribution >= 0.6 is 23.4 Å². The molecule has 166 valence electrons. The molecule has 0 saturated carbocycles. The predicted octanol–water partition coefficient (Wildman–Crippen LogP) is 5.12. The largest absolute Gasteiger partial charge is 0.351 e. The molecule has 32 heavy (non-hydrogen) atoms. The molecule has 1 saturated heterocycles. The van der Waals surface area contributed by atoms with Crippen molar-refractivity contribution in [2.24, 2.45) is 5.92 Å². The van der Waals surface area contributed by atoms with Gasteiger partial charge in [0, 0.05) is 21.8 Å². The number of likely N-dealkylation sites (tertiary alicyclic amines) is 1. The zero-order valence-corrected chi connectivity index (χ0v) is 19.5. The van der Waals surface area contributed by atoms with Gasteiger partial charge in [0.15, 0.2) is 0 Å². The lowest BCUT2D eigenvalue weighted by Crippen LogP contribution is -2.39. The van der Waals surface area contributed by atoms with Crippen molar-refractivity contribution in [1.82, 2.24) is 20.4 Å². The maximum atomic E-state index is 12.8. The number of amides is 1. The summed E-state index contributed by atoms with van der Waals surface area (Å²) < 4.78 is 0. The summed E-state index contributed by atoms with van der Waals surface area (Å²) in [5.41, 5.74) is 3.10. The van der Waals surface area contributed by atoms with E-state index >= 15 is 0 Å². The Balaban J connectivity index is 1.06. The minimum absolute atomic E-state index is 0.00872. The molecule has 0 unspecified atom stereocenters. The van der Waals surface area contributed by atoms with Gasteiger partial charge in [0.05, 0.1) is 16.1 Å². The molecule has 0 aliphatic carbocycles. The molecule has 1 amide bonds. The number of piperidine rings is 1. The van der Waals surface area contributed by atoms with E-state index in [0.29, 0.717) is 5.92 Å². The molecule has 1 aromatic heterocycles. The summed E-state index contributed by atoms with van der Waals surface area (Å²) in [7, 11) is 0. The number of benzene rings is 2. The van der Waals surface area contributed by atoms with E-state index in [9.17, 15) is 4.79 Å².